The highest BCUT2D eigenvalue weighted by atomic mass is 19.2. The van der Waals surface area contributed by atoms with Gasteiger partial charge in [-0.25, -0.2) is 17.6 Å². The second-order valence-corrected chi connectivity index (χ2v) is 3.50. The van der Waals surface area contributed by atoms with Gasteiger partial charge < -0.3 is 11.1 Å². The number of aromatic nitrogens is 2. The SMILES string of the molecule is Nc1cn[nH]c1C(=O)Nc1c(F)c(F)cc(F)c1F. The number of nitrogens with zero attached hydrogens (tertiary/aromatic N) is 1. The number of nitrogens with two attached hydrogens (primary N) is 1. The largest absolute Gasteiger partial charge is 0.396 e. The molecule has 0 saturated heterocycles. The molecule has 4 N–H and O–H groups in total. The number of benzene rings is 1. The van der Waals surface area contributed by atoms with Gasteiger partial charge in [0.05, 0.1) is 11.9 Å². The highest BCUT2D eigenvalue weighted by molar-refractivity contribution is 6.06. The molecule has 0 spiro atoms. The van der Waals surface area contributed by atoms with E-state index in [1.165, 1.54) is 0 Å². The Hall–Kier alpha value is -2.58. The molecule has 5 nitrogen and oxygen atoms in total. The van der Waals surface area contributed by atoms with Gasteiger partial charge in [0.25, 0.3) is 5.91 Å². The molecule has 0 unspecified atom stereocenters. The molecule has 0 aliphatic heterocycles. The molecule has 0 atom stereocenters. The number of nitrogen functional groups attached to an aromatic ring is 1. The fourth-order valence-electron chi connectivity index (χ4n) is 1.34. The average molecular weight is 274 g/mol. The van der Waals surface area contributed by atoms with Gasteiger partial charge >= 0.3 is 0 Å². The topological polar surface area (TPSA) is 83.8 Å². The van der Waals surface area contributed by atoms with Crippen LogP contribution in [0.3, 0.4) is 0 Å². The van der Waals surface area contributed by atoms with Crippen LogP contribution in [0.2, 0.25) is 0 Å². The van der Waals surface area contributed by atoms with Crippen LogP contribution in [0, 0.1) is 23.3 Å². The van der Waals surface area contributed by atoms with E-state index in [-0.39, 0.29) is 17.4 Å². The third kappa shape index (κ3) is 2.21. The molecular weight excluding hydrogens is 268 g/mol. The van der Waals surface area contributed by atoms with Crippen LogP contribution >= 0.6 is 0 Å². The molecular formula is C10H6F4N4O. The number of hydrogen-bond acceptors (Lipinski definition) is 3. The van der Waals surface area contributed by atoms with Crippen LogP contribution in [-0.2, 0) is 0 Å². The fraction of sp³-hybridized carbons (Fsp3) is 0. The van der Waals surface area contributed by atoms with Gasteiger partial charge in [-0.05, 0) is 0 Å². The minimum Gasteiger partial charge on any atom is -0.396 e. The second-order valence-electron chi connectivity index (χ2n) is 3.50. The molecule has 1 amide bonds. The van der Waals surface area contributed by atoms with E-state index in [0.717, 1.165) is 6.20 Å². The number of halogens is 4. The molecule has 100 valence electrons. The summed E-state index contributed by atoms with van der Waals surface area (Å²) < 4.78 is 52.4. The van der Waals surface area contributed by atoms with E-state index in [1.54, 1.807) is 5.32 Å². The van der Waals surface area contributed by atoms with E-state index < -0.39 is 34.9 Å². The standard InChI is InChI=1S/C10H6F4N4O/c11-3-1-4(12)7(14)9(6(3)13)17-10(19)8-5(15)2-16-18-8/h1-2H,15H2,(H,16,18)(H,17,19). The van der Waals surface area contributed by atoms with Crippen LogP contribution < -0.4 is 11.1 Å². The van der Waals surface area contributed by atoms with Crippen molar-refractivity contribution in [2.45, 2.75) is 0 Å². The Balaban J connectivity index is 2.40. The van der Waals surface area contributed by atoms with Crippen LogP contribution in [0.15, 0.2) is 12.3 Å². The van der Waals surface area contributed by atoms with Crippen LogP contribution in [-0.4, -0.2) is 16.1 Å². The first-order chi connectivity index (χ1) is 8.91. The summed E-state index contributed by atoms with van der Waals surface area (Å²) in [5.74, 6) is -7.79. The normalized spacial score (nSPS) is 10.5. The lowest BCUT2D eigenvalue weighted by molar-refractivity contribution is 0.102. The molecule has 9 heteroatoms. The van der Waals surface area contributed by atoms with E-state index in [2.05, 4.69) is 10.2 Å². The molecule has 1 aromatic heterocycles. The molecule has 0 radical (unpaired) electrons. The van der Waals surface area contributed by atoms with Gasteiger partial charge in [0.1, 0.15) is 11.4 Å². The maximum Gasteiger partial charge on any atom is 0.275 e. The van der Waals surface area contributed by atoms with E-state index in [0.29, 0.717) is 0 Å². The number of nitrogens with one attached hydrogen (secondary N) is 2. The van der Waals surface area contributed by atoms with Crippen LogP contribution in [0.4, 0.5) is 28.9 Å². The van der Waals surface area contributed by atoms with Crippen LogP contribution in [0.25, 0.3) is 0 Å². The molecule has 2 aromatic rings. The minimum absolute atomic E-state index is 0.0326. The maximum absolute atomic E-state index is 13.3. The number of rotatable bonds is 2. The maximum atomic E-state index is 13.3. The zero-order valence-electron chi connectivity index (χ0n) is 9.10. The van der Waals surface area contributed by atoms with Gasteiger partial charge in [0.2, 0.25) is 0 Å². The van der Waals surface area contributed by atoms with E-state index in [4.69, 9.17) is 5.73 Å². The lowest BCUT2D eigenvalue weighted by Gasteiger charge is -2.08. The number of carbonyl (C=O) groups excluding carboxylic acids is 1. The zero-order valence-corrected chi connectivity index (χ0v) is 9.10. The van der Waals surface area contributed by atoms with Crippen molar-refractivity contribution in [1.82, 2.24) is 10.2 Å². The summed E-state index contributed by atoms with van der Waals surface area (Å²) in [6, 6.07) is 0.0326. The van der Waals surface area contributed by atoms with E-state index in [9.17, 15) is 22.4 Å². The molecule has 2 rings (SSSR count). The molecule has 0 aliphatic rings. The zero-order chi connectivity index (χ0) is 14.2. The van der Waals surface area contributed by atoms with Crippen LogP contribution in [0.1, 0.15) is 10.5 Å². The number of anilines is 2. The van der Waals surface area contributed by atoms with Gasteiger partial charge in [0.15, 0.2) is 23.3 Å². The number of H-pyrrole nitrogens is 1. The Bertz CT molecular complexity index is 629. The Morgan fingerprint density at radius 1 is 1.21 bits per heavy atom. The molecule has 0 aliphatic carbocycles. The third-order valence-electron chi connectivity index (χ3n) is 2.25. The Morgan fingerprint density at radius 3 is 2.26 bits per heavy atom. The molecule has 19 heavy (non-hydrogen) atoms. The number of aromatic amines is 1. The van der Waals surface area contributed by atoms with Gasteiger partial charge in [-0.15, -0.1) is 0 Å². The number of carbonyl (C=O) groups is 1. The first-order valence-electron chi connectivity index (χ1n) is 4.85. The number of amides is 1. The van der Waals surface area contributed by atoms with Gasteiger partial charge in [0, 0.05) is 6.07 Å². The van der Waals surface area contributed by atoms with Crippen molar-refractivity contribution >= 4 is 17.3 Å². The smallest absolute Gasteiger partial charge is 0.275 e. The van der Waals surface area contributed by atoms with Gasteiger partial charge in [-0.1, -0.05) is 0 Å². The Kier molecular flexibility index (Phi) is 3.11. The fourth-order valence-corrected chi connectivity index (χ4v) is 1.34. The van der Waals surface area contributed by atoms with Gasteiger partial charge in [-0.2, -0.15) is 5.10 Å². The summed E-state index contributed by atoms with van der Waals surface area (Å²) in [5, 5.41) is 7.28. The van der Waals surface area contributed by atoms with E-state index >= 15 is 0 Å². The monoisotopic (exact) mass is 274 g/mol. The summed E-state index contributed by atoms with van der Waals surface area (Å²) >= 11 is 0. The summed E-state index contributed by atoms with van der Waals surface area (Å²) in [6.07, 6.45) is 1.09. The summed E-state index contributed by atoms with van der Waals surface area (Å²) in [4.78, 5) is 11.6. The minimum atomic E-state index is -1.72. The summed E-state index contributed by atoms with van der Waals surface area (Å²) in [6.45, 7) is 0. The van der Waals surface area contributed by atoms with Gasteiger partial charge in [-0.3, -0.25) is 9.89 Å². The lowest BCUT2D eigenvalue weighted by atomic mass is 10.2. The van der Waals surface area contributed by atoms with Crippen molar-refractivity contribution in [3.05, 3.63) is 41.2 Å². The van der Waals surface area contributed by atoms with Crippen molar-refractivity contribution in [3.63, 3.8) is 0 Å². The van der Waals surface area contributed by atoms with Crippen molar-refractivity contribution in [1.29, 1.82) is 0 Å². The lowest BCUT2D eigenvalue weighted by Crippen LogP contribution is -2.17. The quantitative estimate of drug-likeness (QED) is 0.576. The average Bonchev–Trinajstić information content (AvgIpc) is 2.78. The predicted octanol–water partition coefficient (Wildman–Crippen LogP) is 1.80. The van der Waals surface area contributed by atoms with Crippen LogP contribution in [0.5, 0.6) is 0 Å². The highest BCUT2D eigenvalue weighted by Crippen LogP contribution is 2.24. The molecule has 0 fully saturated rings. The molecule has 1 heterocycles. The molecule has 0 saturated carbocycles. The highest BCUT2D eigenvalue weighted by Gasteiger charge is 2.22. The molecule has 1 aromatic carbocycles. The Morgan fingerprint density at radius 2 is 1.79 bits per heavy atom. The second kappa shape index (κ2) is 4.59. The van der Waals surface area contributed by atoms with Crippen molar-refractivity contribution in [2.75, 3.05) is 11.1 Å². The predicted molar refractivity (Wildman–Crippen MR) is 57.2 cm³/mol. The van der Waals surface area contributed by atoms with Crippen molar-refractivity contribution in [3.8, 4) is 0 Å². The third-order valence-corrected chi connectivity index (χ3v) is 2.25. The first kappa shape index (κ1) is 12.9. The van der Waals surface area contributed by atoms with E-state index in [1.807, 2.05) is 0 Å². The van der Waals surface area contributed by atoms with Crippen molar-refractivity contribution < 1.29 is 22.4 Å². The Labute approximate surface area is 103 Å². The number of hydrogen-bond donors (Lipinski definition) is 3. The summed E-state index contributed by atoms with van der Waals surface area (Å²) in [5.41, 5.74) is 3.73. The molecule has 0 bridgehead atoms. The first-order valence-corrected chi connectivity index (χ1v) is 4.85. The summed E-state index contributed by atoms with van der Waals surface area (Å²) in [7, 11) is 0. The van der Waals surface area contributed by atoms with Crippen molar-refractivity contribution in [2.24, 2.45) is 0 Å².